The molecule has 0 saturated heterocycles. The number of nitrogens with zero attached hydrogens (tertiary/aromatic N) is 4. The Bertz CT molecular complexity index is 1060. The predicted octanol–water partition coefficient (Wildman–Crippen LogP) is 1.68. The van der Waals surface area contributed by atoms with Crippen LogP contribution in [0.2, 0.25) is 0 Å². The van der Waals surface area contributed by atoms with Crippen LogP contribution >= 0.6 is 0 Å². The molecule has 2 amide bonds. The number of rotatable bonds is 8. The van der Waals surface area contributed by atoms with E-state index in [0.717, 1.165) is 11.4 Å². The van der Waals surface area contributed by atoms with Gasteiger partial charge >= 0.3 is 0 Å². The van der Waals surface area contributed by atoms with Crippen LogP contribution in [0.4, 0.5) is 0 Å². The second kappa shape index (κ2) is 9.01. The molecule has 29 heavy (non-hydrogen) atoms. The summed E-state index contributed by atoms with van der Waals surface area (Å²) in [6, 6.07) is 7.29. The number of hydrogen-bond acceptors (Lipinski definition) is 6. The van der Waals surface area contributed by atoms with Crippen molar-refractivity contribution in [3.05, 3.63) is 52.9 Å². The summed E-state index contributed by atoms with van der Waals surface area (Å²) in [5, 5.41) is 19.4. The highest BCUT2D eigenvalue weighted by molar-refractivity contribution is 5.91. The topological polar surface area (TPSA) is 125 Å². The van der Waals surface area contributed by atoms with Gasteiger partial charge in [-0.15, -0.1) is 0 Å². The molecule has 0 aliphatic rings. The molecule has 0 bridgehead atoms. The fraction of sp³-hybridized carbons (Fsp3) is 0.350. The molecule has 0 aromatic carbocycles. The summed E-state index contributed by atoms with van der Waals surface area (Å²) in [6.07, 6.45) is 2.79. The molecular weight excluding hydrogens is 372 g/mol. The molecule has 3 aromatic rings. The fourth-order valence-electron chi connectivity index (χ4n) is 3.01. The van der Waals surface area contributed by atoms with E-state index in [1.54, 1.807) is 16.6 Å². The Hall–Kier alpha value is -3.67. The van der Waals surface area contributed by atoms with Gasteiger partial charge in [0, 0.05) is 30.9 Å². The van der Waals surface area contributed by atoms with Crippen molar-refractivity contribution in [2.24, 2.45) is 0 Å². The maximum atomic E-state index is 11.9. The van der Waals surface area contributed by atoms with E-state index in [9.17, 15) is 14.9 Å². The van der Waals surface area contributed by atoms with Crippen molar-refractivity contribution in [2.45, 2.75) is 33.1 Å². The highest BCUT2D eigenvalue weighted by Crippen LogP contribution is 2.17. The van der Waals surface area contributed by atoms with Gasteiger partial charge in [-0.05, 0) is 44.9 Å². The van der Waals surface area contributed by atoms with Crippen molar-refractivity contribution in [2.75, 3.05) is 13.1 Å². The highest BCUT2D eigenvalue weighted by atomic mass is 16.3. The monoisotopic (exact) mass is 394 g/mol. The summed E-state index contributed by atoms with van der Waals surface area (Å²) >= 11 is 0. The van der Waals surface area contributed by atoms with Crippen LogP contribution in [-0.2, 0) is 11.2 Å². The van der Waals surface area contributed by atoms with E-state index in [2.05, 4.69) is 26.8 Å². The second-order valence-corrected chi connectivity index (χ2v) is 6.64. The van der Waals surface area contributed by atoms with Crippen molar-refractivity contribution < 1.29 is 14.0 Å². The van der Waals surface area contributed by atoms with E-state index in [-0.39, 0.29) is 30.5 Å². The molecule has 0 radical (unpaired) electrons. The summed E-state index contributed by atoms with van der Waals surface area (Å²) in [6.45, 7) is 4.48. The molecule has 0 spiro atoms. The number of furan rings is 1. The molecular formula is C20H22N6O3. The maximum absolute atomic E-state index is 11.9. The molecule has 2 N–H and O–H groups in total. The Labute approximate surface area is 167 Å². The minimum atomic E-state index is -0.349. The van der Waals surface area contributed by atoms with Crippen LogP contribution in [0, 0.1) is 25.2 Å². The van der Waals surface area contributed by atoms with E-state index in [0.29, 0.717) is 36.3 Å². The third-order valence-electron chi connectivity index (χ3n) is 4.37. The van der Waals surface area contributed by atoms with Gasteiger partial charge in [0.2, 0.25) is 5.91 Å². The lowest BCUT2D eigenvalue weighted by Crippen LogP contribution is -2.31. The minimum Gasteiger partial charge on any atom is -0.459 e. The molecule has 3 aromatic heterocycles. The molecule has 9 nitrogen and oxygen atoms in total. The van der Waals surface area contributed by atoms with Crippen LogP contribution < -0.4 is 10.6 Å². The number of fused-ring (bicyclic) bond motifs is 1. The first kappa shape index (κ1) is 20.1. The van der Waals surface area contributed by atoms with E-state index in [1.165, 1.54) is 6.26 Å². The number of aromatic nitrogens is 3. The average molecular weight is 394 g/mol. The van der Waals surface area contributed by atoms with Crippen molar-refractivity contribution in [3.63, 3.8) is 0 Å². The van der Waals surface area contributed by atoms with Gasteiger partial charge in [0.1, 0.15) is 11.6 Å². The summed E-state index contributed by atoms with van der Waals surface area (Å²) in [5.74, 6) is -0.294. The zero-order valence-corrected chi connectivity index (χ0v) is 16.4. The van der Waals surface area contributed by atoms with Crippen molar-refractivity contribution in [1.82, 2.24) is 25.2 Å². The van der Waals surface area contributed by atoms with Crippen LogP contribution in [0.25, 0.3) is 5.65 Å². The van der Waals surface area contributed by atoms with Crippen LogP contribution in [0.15, 0.2) is 28.9 Å². The third-order valence-corrected chi connectivity index (χ3v) is 4.37. The Morgan fingerprint density at radius 1 is 1.28 bits per heavy atom. The predicted molar refractivity (Wildman–Crippen MR) is 104 cm³/mol. The number of hydrogen-bond donors (Lipinski definition) is 2. The summed E-state index contributed by atoms with van der Waals surface area (Å²) < 4.78 is 6.66. The van der Waals surface area contributed by atoms with Gasteiger partial charge in [0.15, 0.2) is 11.4 Å². The van der Waals surface area contributed by atoms with Gasteiger partial charge in [0.05, 0.1) is 12.0 Å². The Morgan fingerprint density at radius 2 is 2.10 bits per heavy atom. The lowest BCUT2D eigenvalue weighted by molar-refractivity contribution is -0.120. The van der Waals surface area contributed by atoms with E-state index < -0.39 is 0 Å². The fourth-order valence-corrected chi connectivity index (χ4v) is 3.01. The Kier molecular flexibility index (Phi) is 6.24. The normalized spacial score (nSPS) is 10.7. The first-order valence-electron chi connectivity index (χ1n) is 9.34. The first-order valence-corrected chi connectivity index (χ1v) is 9.34. The number of carbonyl (C=O) groups excluding carboxylic acids is 2. The Morgan fingerprint density at radius 3 is 2.83 bits per heavy atom. The van der Waals surface area contributed by atoms with Gasteiger partial charge in [-0.3, -0.25) is 9.59 Å². The number of carbonyl (C=O) groups is 2. The highest BCUT2D eigenvalue weighted by Gasteiger charge is 2.15. The molecule has 0 atom stereocenters. The van der Waals surface area contributed by atoms with Crippen molar-refractivity contribution in [3.8, 4) is 6.07 Å². The zero-order chi connectivity index (χ0) is 20.8. The lowest BCUT2D eigenvalue weighted by Gasteiger charge is -2.05. The van der Waals surface area contributed by atoms with E-state index in [1.807, 2.05) is 19.9 Å². The smallest absolute Gasteiger partial charge is 0.286 e. The van der Waals surface area contributed by atoms with Crippen LogP contribution in [0.3, 0.4) is 0 Å². The van der Waals surface area contributed by atoms with Crippen LogP contribution in [-0.4, -0.2) is 39.5 Å². The quantitative estimate of drug-likeness (QED) is 0.560. The van der Waals surface area contributed by atoms with E-state index in [4.69, 9.17) is 4.42 Å². The molecule has 150 valence electrons. The minimum absolute atomic E-state index is 0.159. The molecule has 3 rings (SSSR count). The van der Waals surface area contributed by atoms with Gasteiger partial charge in [-0.2, -0.15) is 10.4 Å². The third kappa shape index (κ3) is 4.79. The van der Waals surface area contributed by atoms with Crippen molar-refractivity contribution >= 4 is 17.5 Å². The SMILES string of the molecule is Cc1cc(C)n2nc(CCCNC(=O)CCNC(=O)c3ccco3)c(C#N)c2n1. The van der Waals surface area contributed by atoms with Gasteiger partial charge < -0.3 is 15.1 Å². The molecule has 0 fully saturated rings. The van der Waals surface area contributed by atoms with Crippen molar-refractivity contribution in [1.29, 1.82) is 5.26 Å². The molecule has 3 heterocycles. The lowest BCUT2D eigenvalue weighted by atomic mass is 10.1. The molecule has 9 heteroatoms. The second-order valence-electron chi connectivity index (χ2n) is 6.64. The summed E-state index contributed by atoms with van der Waals surface area (Å²) in [5.41, 5.74) is 3.47. The van der Waals surface area contributed by atoms with Gasteiger partial charge in [0.25, 0.3) is 5.91 Å². The Balaban J connectivity index is 1.44. The van der Waals surface area contributed by atoms with Gasteiger partial charge in [-0.1, -0.05) is 0 Å². The van der Waals surface area contributed by atoms with Gasteiger partial charge in [-0.25, -0.2) is 9.50 Å². The van der Waals surface area contributed by atoms with E-state index >= 15 is 0 Å². The first-order chi connectivity index (χ1) is 14.0. The zero-order valence-electron chi connectivity index (χ0n) is 16.4. The molecule has 0 unspecified atom stereocenters. The largest absolute Gasteiger partial charge is 0.459 e. The summed E-state index contributed by atoms with van der Waals surface area (Å²) in [4.78, 5) is 28.0. The van der Waals surface area contributed by atoms with Crippen LogP contribution in [0.5, 0.6) is 0 Å². The molecule has 0 aliphatic heterocycles. The maximum Gasteiger partial charge on any atom is 0.286 e. The summed E-state index contributed by atoms with van der Waals surface area (Å²) in [7, 11) is 0. The molecule has 0 saturated carbocycles. The number of aryl methyl sites for hydroxylation is 3. The standard InChI is InChI=1S/C20H22N6O3/c1-13-11-14(2)26-19(24-13)15(12-21)16(25-26)5-3-8-22-18(27)7-9-23-20(28)17-6-4-10-29-17/h4,6,10-11H,3,5,7-9H2,1-2H3,(H,22,27)(H,23,28). The van der Waals surface area contributed by atoms with Crippen LogP contribution in [0.1, 0.15) is 46.0 Å². The number of amides is 2. The average Bonchev–Trinajstić information content (AvgIpc) is 3.33. The number of nitriles is 1. The molecule has 0 aliphatic carbocycles. The number of nitrogens with one attached hydrogen (secondary N) is 2.